The zero-order valence-corrected chi connectivity index (χ0v) is 13.5. The summed E-state index contributed by atoms with van der Waals surface area (Å²) in [5, 5.41) is 4.46. The van der Waals surface area contributed by atoms with Gasteiger partial charge in [-0.2, -0.15) is 0 Å². The highest BCUT2D eigenvalue weighted by molar-refractivity contribution is 7.15. The Hall–Kier alpha value is -0.610. The second kappa shape index (κ2) is 6.71. The van der Waals surface area contributed by atoms with Gasteiger partial charge in [0.25, 0.3) is 0 Å². The van der Waals surface area contributed by atoms with Crippen molar-refractivity contribution in [2.75, 3.05) is 19.0 Å². The molecule has 0 saturated heterocycles. The van der Waals surface area contributed by atoms with E-state index in [4.69, 9.17) is 4.98 Å². The summed E-state index contributed by atoms with van der Waals surface area (Å²) in [7, 11) is 4.23. The molecule has 1 aliphatic rings. The van der Waals surface area contributed by atoms with Crippen molar-refractivity contribution in [3.05, 3.63) is 10.6 Å². The van der Waals surface area contributed by atoms with Crippen molar-refractivity contribution >= 4 is 16.5 Å². The molecule has 0 bridgehead atoms. The number of hydrogen-bond donors (Lipinski definition) is 1. The van der Waals surface area contributed by atoms with Crippen molar-refractivity contribution in [3.63, 3.8) is 0 Å². The monoisotopic (exact) mass is 281 g/mol. The van der Waals surface area contributed by atoms with Crippen LogP contribution in [0.4, 0.5) is 5.13 Å². The number of hydrogen-bond acceptors (Lipinski definition) is 4. The minimum atomic E-state index is 0.689. The van der Waals surface area contributed by atoms with E-state index in [1.54, 1.807) is 0 Å². The smallest absolute Gasteiger partial charge is 0.185 e. The fraction of sp³-hybridized carbons (Fsp3) is 0.800. The molecule has 0 radical (unpaired) electrons. The van der Waals surface area contributed by atoms with E-state index in [0.29, 0.717) is 6.04 Å². The van der Waals surface area contributed by atoms with Crippen LogP contribution in [0.2, 0.25) is 0 Å². The molecular weight excluding hydrogens is 254 g/mol. The van der Waals surface area contributed by atoms with Crippen molar-refractivity contribution in [2.24, 2.45) is 5.92 Å². The van der Waals surface area contributed by atoms with Crippen LogP contribution in [0, 0.1) is 5.92 Å². The summed E-state index contributed by atoms with van der Waals surface area (Å²) >= 11 is 1.86. The number of rotatable bonds is 5. The molecule has 0 aromatic carbocycles. The first kappa shape index (κ1) is 14.8. The summed E-state index contributed by atoms with van der Waals surface area (Å²) in [4.78, 5) is 8.67. The molecule has 108 valence electrons. The van der Waals surface area contributed by atoms with Gasteiger partial charge in [-0.1, -0.05) is 13.8 Å². The molecule has 1 aromatic heterocycles. The van der Waals surface area contributed by atoms with E-state index in [9.17, 15) is 0 Å². The van der Waals surface area contributed by atoms with Gasteiger partial charge in [0.05, 0.1) is 5.69 Å². The normalized spacial score (nSPS) is 23.6. The van der Waals surface area contributed by atoms with Gasteiger partial charge in [0, 0.05) is 24.5 Å². The van der Waals surface area contributed by atoms with Crippen LogP contribution in [0.25, 0.3) is 0 Å². The maximum absolute atomic E-state index is 4.85. The zero-order valence-electron chi connectivity index (χ0n) is 12.7. The summed E-state index contributed by atoms with van der Waals surface area (Å²) in [6.07, 6.45) is 6.40. The Labute approximate surface area is 121 Å². The second-order valence-electron chi connectivity index (χ2n) is 5.77. The van der Waals surface area contributed by atoms with Gasteiger partial charge in [0.2, 0.25) is 0 Å². The number of nitrogens with one attached hydrogen (secondary N) is 1. The second-order valence-corrected chi connectivity index (χ2v) is 6.84. The molecule has 2 rings (SSSR count). The van der Waals surface area contributed by atoms with E-state index in [0.717, 1.165) is 18.9 Å². The number of thiazole rings is 1. The molecule has 1 N–H and O–H groups in total. The average Bonchev–Trinajstić information content (AvgIpc) is 2.82. The zero-order chi connectivity index (χ0) is 13.8. The van der Waals surface area contributed by atoms with Gasteiger partial charge in [0.15, 0.2) is 5.13 Å². The Bertz CT molecular complexity index is 394. The lowest BCUT2D eigenvalue weighted by molar-refractivity contribution is 0.340. The molecule has 0 unspecified atom stereocenters. The van der Waals surface area contributed by atoms with Crippen LogP contribution in [0.3, 0.4) is 0 Å². The van der Waals surface area contributed by atoms with Crippen molar-refractivity contribution in [3.8, 4) is 0 Å². The van der Waals surface area contributed by atoms with Crippen LogP contribution in [-0.2, 0) is 13.0 Å². The van der Waals surface area contributed by atoms with Crippen LogP contribution < -0.4 is 10.2 Å². The Morgan fingerprint density at radius 3 is 2.58 bits per heavy atom. The van der Waals surface area contributed by atoms with Crippen LogP contribution in [0.1, 0.15) is 50.1 Å². The molecule has 1 fully saturated rings. The molecule has 0 aliphatic heterocycles. The third kappa shape index (κ3) is 3.48. The van der Waals surface area contributed by atoms with Gasteiger partial charge in [-0.15, -0.1) is 11.3 Å². The first-order valence-corrected chi connectivity index (χ1v) is 8.33. The molecule has 0 atom stereocenters. The van der Waals surface area contributed by atoms with Gasteiger partial charge in [-0.05, 0) is 45.1 Å². The van der Waals surface area contributed by atoms with Crippen molar-refractivity contribution in [1.29, 1.82) is 0 Å². The predicted octanol–water partition coefficient (Wildman–Crippen LogP) is 3.44. The Morgan fingerprint density at radius 1 is 1.32 bits per heavy atom. The Balaban J connectivity index is 2.08. The van der Waals surface area contributed by atoms with E-state index in [-0.39, 0.29) is 0 Å². The van der Waals surface area contributed by atoms with Crippen LogP contribution in [0.5, 0.6) is 0 Å². The molecular formula is C15H27N3S. The van der Waals surface area contributed by atoms with Crippen molar-refractivity contribution < 1.29 is 0 Å². The maximum atomic E-state index is 4.85. The fourth-order valence-electron chi connectivity index (χ4n) is 2.88. The predicted molar refractivity (Wildman–Crippen MR) is 84.1 cm³/mol. The summed E-state index contributed by atoms with van der Waals surface area (Å²) in [5.41, 5.74) is 1.27. The first-order valence-electron chi connectivity index (χ1n) is 7.51. The van der Waals surface area contributed by atoms with Gasteiger partial charge in [-0.3, -0.25) is 0 Å². The Kier molecular flexibility index (Phi) is 5.22. The van der Waals surface area contributed by atoms with E-state index in [1.165, 1.54) is 41.4 Å². The molecule has 0 spiro atoms. The summed E-state index contributed by atoms with van der Waals surface area (Å²) in [6, 6.07) is 0.689. The summed E-state index contributed by atoms with van der Waals surface area (Å²) in [6.45, 7) is 5.51. The summed E-state index contributed by atoms with van der Waals surface area (Å²) in [5.74, 6) is 0.909. The van der Waals surface area contributed by atoms with Crippen molar-refractivity contribution in [2.45, 2.75) is 58.5 Å². The van der Waals surface area contributed by atoms with Gasteiger partial charge >= 0.3 is 0 Å². The van der Waals surface area contributed by atoms with Gasteiger partial charge in [-0.25, -0.2) is 4.98 Å². The highest BCUT2D eigenvalue weighted by Crippen LogP contribution is 2.32. The van der Waals surface area contributed by atoms with Crippen LogP contribution in [-0.4, -0.2) is 25.1 Å². The van der Waals surface area contributed by atoms with E-state index in [2.05, 4.69) is 31.1 Å². The quantitative estimate of drug-likeness (QED) is 0.896. The molecule has 0 amide bonds. The third-order valence-corrected chi connectivity index (χ3v) is 5.46. The largest absolute Gasteiger partial charge is 0.348 e. The highest BCUT2D eigenvalue weighted by atomic mass is 32.1. The van der Waals surface area contributed by atoms with Gasteiger partial charge in [0.1, 0.15) is 0 Å². The first-order chi connectivity index (χ1) is 9.15. The lowest BCUT2D eigenvalue weighted by atomic mass is 9.87. The SMILES string of the molecule is CCc1nc(N(C)C2CCC(C)CC2)sc1CNC. The maximum Gasteiger partial charge on any atom is 0.185 e. The number of nitrogens with zero attached hydrogens (tertiary/aromatic N) is 2. The third-order valence-electron chi connectivity index (χ3n) is 4.27. The lowest BCUT2D eigenvalue weighted by Gasteiger charge is -2.33. The minimum Gasteiger partial charge on any atom is -0.348 e. The number of aromatic nitrogens is 1. The highest BCUT2D eigenvalue weighted by Gasteiger charge is 2.24. The lowest BCUT2D eigenvalue weighted by Crippen LogP contribution is -2.34. The molecule has 1 saturated carbocycles. The minimum absolute atomic E-state index is 0.689. The van der Waals surface area contributed by atoms with Gasteiger partial charge < -0.3 is 10.2 Å². The Morgan fingerprint density at radius 2 is 2.00 bits per heavy atom. The van der Waals surface area contributed by atoms with Crippen molar-refractivity contribution in [1.82, 2.24) is 10.3 Å². The molecule has 1 aromatic rings. The average molecular weight is 281 g/mol. The molecule has 1 heterocycles. The molecule has 4 heteroatoms. The number of aryl methyl sites for hydroxylation is 1. The van der Waals surface area contributed by atoms with Crippen LogP contribution in [0.15, 0.2) is 0 Å². The molecule has 19 heavy (non-hydrogen) atoms. The summed E-state index contributed by atoms with van der Waals surface area (Å²) < 4.78 is 0. The van der Waals surface area contributed by atoms with E-state index in [1.807, 2.05) is 18.4 Å². The molecule has 1 aliphatic carbocycles. The van der Waals surface area contributed by atoms with E-state index >= 15 is 0 Å². The topological polar surface area (TPSA) is 28.2 Å². The molecule has 3 nitrogen and oxygen atoms in total. The van der Waals surface area contributed by atoms with E-state index < -0.39 is 0 Å². The fourth-order valence-corrected chi connectivity index (χ4v) is 4.08. The van der Waals surface area contributed by atoms with Crippen LogP contribution >= 0.6 is 11.3 Å². The standard InChI is InChI=1S/C15H27N3S/c1-5-13-14(10-16-3)19-15(17-13)18(4)12-8-6-11(2)7-9-12/h11-12,16H,5-10H2,1-4H3. The number of anilines is 1.